The van der Waals surface area contributed by atoms with Crippen molar-refractivity contribution in [3.63, 3.8) is 0 Å². The van der Waals surface area contributed by atoms with Crippen LogP contribution in [0.1, 0.15) is 18.2 Å². The highest BCUT2D eigenvalue weighted by Gasteiger charge is 2.36. The number of carbonyl (C=O) groups is 1. The predicted octanol–water partition coefficient (Wildman–Crippen LogP) is 4.08. The summed E-state index contributed by atoms with van der Waals surface area (Å²) in [6.07, 6.45) is -4.65. The van der Waals surface area contributed by atoms with Crippen LogP contribution < -0.4 is 5.32 Å². The van der Waals surface area contributed by atoms with E-state index < -0.39 is 23.7 Å². The molecule has 2 rings (SSSR count). The van der Waals surface area contributed by atoms with Gasteiger partial charge in [-0.15, -0.1) is 0 Å². The molecule has 0 aliphatic heterocycles. The van der Waals surface area contributed by atoms with Crippen LogP contribution >= 0.6 is 11.6 Å². The molecule has 0 spiro atoms. The molecule has 0 unspecified atom stereocenters. The average Bonchev–Trinajstić information content (AvgIpc) is 2.40. The van der Waals surface area contributed by atoms with Gasteiger partial charge in [-0.2, -0.15) is 13.2 Å². The van der Waals surface area contributed by atoms with E-state index >= 15 is 0 Å². The van der Waals surface area contributed by atoms with Gasteiger partial charge in [0, 0.05) is 23.1 Å². The number of alkyl halides is 3. The lowest BCUT2D eigenvalue weighted by atomic mass is 10.1. The number of benzene rings is 1. The summed E-state index contributed by atoms with van der Waals surface area (Å²) in [6.45, 7) is 2.45. The molecule has 4 nitrogen and oxygen atoms in total. The summed E-state index contributed by atoms with van der Waals surface area (Å²) in [5.41, 5.74) is -0.677. The van der Waals surface area contributed by atoms with Crippen LogP contribution in [0.3, 0.4) is 0 Å². The number of nitrogens with zero attached hydrogens (tertiary/aromatic N) is 2. The highest BCUT2D eigenvalue weighted by atomic mass is 35.5. The molecule has 0 fully saturated rings. The molecule has 0 saturated heterocycles. The number of nitrogens with one attached hydrogen (secondary N) is 1. The normalized spacial score (nSPS) is 11.4. The van der Waals surface area contributed by atoms with Crippen molar-refractivity contribution in [1.82, 2.24) is 9.97 Å². The fraction of sp³-hybridized carbons (Fsp3) is 0.214. The maximum absolute atomic E-state index is 13.1. The third kappa shape index (κ3) is 3.54. The van der Waals surface area contributed by atoms with Crippen LogP contribution in [-0.4, -0.2) is 15.9 Å². The summed E-state index contributed by atoms with van der Waals surface area (Å²) in [5.74, 6) is -0.950. The summed E-state index contributed by atoms with van der Waals surface area (Å²) in [4.78, 5) is 18.5. The van der Waals surface area contributed by atoms with E-state index in [4.69, 9.17) is 11.6 Å². The van der Waals surface area contributed by atoms with Crippen LogP contribution in [0, 0.1) is 6.92 Å². The van der Waals surface area contributed by atoms with Gasteiger partial charge in [-0.1, -0.05) is 23.7 Å². The lowest BCUT2D eigenvalue weighted by Crippen LogP contribution is -2.17. The molecule has 116 valence electrons. The molecule has 8 heteroatoms. The number of anilines is 1. The van der Waals surface area contributed by atoms with Crippen molar-refractivity contribution in [1.29, 1.82) is 0 Å². The minimum Gasteiger partial charge on any atom is -0.295 e. The number of rotatable bonds is 2. The number of hydrogen-bond acceptors (Lipinski definition) is 3. The van der Waals surface area contributed by atoms with E-state index in [1.807, 2.05) is 0 Å². The molecule has 2 aromatic rings. The van der Waals surface area contributed by atoms with Crippen LogP contribution in [-0.2, 0) is 11.0 Å². The minimum absolute atomic E-state index is 0.0859. The van der Waals surface area contributed by atoms with Gasteiger partial charge in [0.1, 0.15) is 0 Å². The molecule has 1 N–H and O–H groups in total. The van der Waals surface area contributed by atoms with E-state index in [2.05, 4.69) is 15.3 Å². The molecule has 1 aromatic carbocycles. The second-order valence-corrected chi connectivity index (χ2v) is 4.99. The largest absolute Gasteiger partial charge is 0.433 e. The SMILES string of the molecule is CC(=O)Nc1nc(-c2ccc(Cl)cc2)c(C)c(C(F)(F)F)n1. The third-order valence-corrected chi connectivity index (χ3v) is 3.07. The van der Waals surface area contributed by atoms with Gasteiger partial charge < -0.3 is 0 Å². The Hall–Kier alpha value is -2.15. The van der Waals surface area contributed by atoms with E-state index in [9.17, 15) is 18.0 Å². The van der Waals surface area contributed by atoms with Gasteiger partial charge >= 0.3 is 6.18 Å². The van der Waals surface area contributed by atoms with Crippen molar-refractivity contribution < 1.29 is 18.0 Å². The fourth-order valence-electron chi connectivity index (χ4n) is 1.89. The Bertz CT molecular complexity index is 715. The highest BCUT2D eigenvalue weighted by molar-refractivity contribution is 6.30. The number of amides is 1. The van der Waals surface area contributed by atoms with Crippen molar-refractivity contribution in [3.05, 3.63) is 40.5 Å². The number of halogens is 4. The van der Waals surface area contributed by atoms with Crippen LogP contribution in [0.4, 0.5) is 19.1 Å². The summed E-state index contributed by atoms with van der Waals surface area (Å²) < 4.78 is 39.3. The average molecular weight is 330 g/mol. The molecule has 1 aromatic heterocycles. The topological polar surface area (TPSA) is 54.9 Å². The van der Waals surface area contributed by atoms with Gasteiger partial charge in [-0.25, -0.2) is 9.97 Å². The zero-order valence-electron chi connectivity index (χ0n) is 11.6. The second-order valence-electron chi connectivity index (χ2n) is 4.56. The molecule has 0 aliphatic carbocycles. The second kappa shape index (κ2) is 5.92. The van der Waals surface area contributed by atoms with E-state index in [-0.39, 0.29) is 11.3 Å². The van der Waals surface area contributed by atoms with E-state index in [0.717, 1.165) is 0 Å². The van der Waals surface area contributed by atoms with Gasteiger partial charge in [-0.05, 0) is 19.1 Å². The zero-order valence-corrected chi connectivity index (χ0v) is 12.4. The van der Waals surface area contributed by atoms with Gasteiger partial charge in [0.25, 0.3) is 0 Å². The summed E-state index contributed by atoms with van der Waals surface area (Å²) in [7, 11) is 0. The lowest BCUT2D eigenvalue weighted by Gasteiger charge is -2.14. The van der Waals surface area contributed by atoms with Gasteiger partial charge in [0.05, 0.1) is 5.69 Å². The highest BCUT2D eigenvalue weighted by Crippen LogP contribution is 2.35. The molecular weight excluding hydrogens is 319 g/mol. The molecule has 1 heterocycles. The van der Waals surface area contributed by atoms with Crippen molar-refractivity contribution >= 4 is 23.5 Å². The first kappa shape index (κ1) is 16.2. The van der Waals surface area contributed by atoms with Gasteiger partial charge in [-0.3, -0.25) is 10.1 Å². The zero-order chi connectivity index (χ0) is 16.5. The minimum atomic E-state index is -4.65. The van der Waals surface area contributed by atoms with Crippen molar-refractivity contribution in [2.24, 2.45) is 0 Å². The molecule has 0 aliphatic rings. The van der Waals surface area contributed by atoms with Crippen LogP contribution in [0.5, 0.6) is 0 Å². The van der Waals surface area contributed by atoms with E-state index in [1.165, 1.54) is 13.8 Å². The Labute approximate surface area is 129 Å². The van der Waals surface area contributed by atoms with Crippen molar-refractivity contribution in [3.8, 4) is 11.3 Å². The quantitative estimate of drug-likeness (QED) is 0.903. The van der Waals surface area contributed by atoms with E-state index in [0.29, 0.717) is 10.6 Å². The molecule has 22 heavy (non-hydrogen) atoms. The Kier molecular flexibility index (Phi) is 4.37. The molecule has 0 bridgehead atoms. The third-order valence-electron chi connectivity index (χ3n) is 2.82. The van der Waals surface area contributed by atoms with Crippen LogP contribution in [0.2, 0.25) is 5.02 Å². The van der Waals surface area contributed by atoms with Gasteiger partial charge in [0.15, 0.2) is 5.69 Å². The maximum Gasteiger partial charge on any atom is 0.433 e. The first-order valence-corrected chi connectivity index (χ1v) is 6.55. The summed E-state index contributed by atoms with van der Waals surface area (Å²) >= 11 is 5.77. The number of carbonyl (C=O) groups excluding carboxylic acids is 1. The number of hydrogen-bond donors (Lipinski definition) is 1. The number of aromatic nitrogens is 2. The Morgan fingerprint density at radius 3 is 2.27 bits per heavy atom. The summed E-state index contributed by atoms with van der Waals surface area (Å²) in [5, 5.41) is 2.63. The molecule has 0 atom stereocenters. The first-order chi connectivity index (χ1) is 10.2. The molecule has 1 amide bonds. The predicted molar refractivity (Wildman–Crippen MR) is 76.5 cm³/mol. The monoisotopic (exact) mass is 329 g/mol. The lowest BCUT2D eigenvalue weighted by molar-refractivity contribution is -0.141. The van der Waals surface area contributed by atoms with Crippen molar-refractivity contribution in [2.45, 2.75) is 20.0 Å². The summed E-state index contributed by atoms with van der Waals surface area (Å²) in [6, 6.07) is 6.19. The Morgan fingerprint density at radius 1 is 1.18 bits per heavy atom. The standard InChI is InChI=1S/C14H11ClF3N3O/c1-7-11(9-3-5-10(15)6-4-9)20-13(19-8(2)22)21-12(7)14(16,17)18/h3-6H,1-2H3,(H,19,20,21,22). The maximum atomic E-state index is 13.1. The van der Waals surface area contributed by atoms with Crippen LogP contribution in [0.15, 0.2) is 24.3 Å². The van der Waals surface area contributed by atoms with E-state index in [1.54, 1.807) is 24.3 Å². The van der Waals surface area contributed by atoms with Crippen LogP contribution in [0.25, 0.3) is 11.3 Å². The van der Waals surface area contributed by atoms with Crippen molar-refractivity contribution in [2.75, 3.05) is 5.32 Å². The Morgan fingerprint density at radius 2 is 1.77 bits per heavy atom. The molecule has 0 saturated carbocycles. The molecule has 0 radical (unpaired) electrons. The van der Waals surface area contributed by atoms with Gasteiger partial charge in [0.2, 0.25) is 11.9 Å². The molecular formula is C14H11ClF3N3O. The fourth-order valence-corrected chi connectivity index (χ4v) is 2.02. The first-order valence-electron chi connectivity index (χ1n) is 6.18. The smallest absolute Gasteiger partial charge is 0.295 e. The Balaban J connectivity index is 2.65.